The monoisotopic (exact) mass is 228 g/mol. The van der Waals surface area contributed by atoms with Gasteiger partial charge in [0.2, 0.25) is 5.91 Å². The molecule has 0 aromatic rings. The van der Waals surface area contributed by atoms with Crippen molar-refractivity contribution in [1.82, 2.24) is 10.6 Å². The number of aliphatic carboxylic acids is 1. The zero-order valence-corrected chi connectivity index (χ0v) is 9.82. The third-order valence-corrected chi connectivity index (χ3v) is 2.72. The molecule has 0 aromatic carbocycles. The van der Waals surface area contributed by atoms with Gasteiger partial charge in [-0.25, -0.2) is 4.79 Å². The predicted octanol–water partition coefficient (Wildman–Crippen LogP) is 0.354. The lowest BCUT2D eigenvalue weighted by Gasteiger charge is -2.16. The van der Waals surface area contributed by atoms with Gasteiger partial charge in [0.25, 0.3) is 0 Å². The largest absolute Gasteiger partial charge is 0.480 e. The molecule has 1 amide bonds. The Balaban J connectivity index is 2.33. The van der Waals surface area contributed by atoms with E-state index in [1.165, 1.54) is 0 Å². The van der Waals surface area contributed by atoms with E-state index in [0.717, 1.165) is 19.4 Å². The van der Waals surface area contributed by atoms with Crippen molar-refractivity contribution in [3.05, 3.63) is 0 Å². The van der Waals surface area contributed by atoms with Crippen LogP contribution in [0.25, 0.3) is 0 Å². The second-order valence-electron chi connectivity index (χ2n) is 4.38. The summed E-state index contributed by atoms with van der Waals surface area (Å²) in [6, 6.07) is -0.611. The van der Waals surface area contributed by atoms with Crippen LogP contribution in [0.4, 0.5) is 0 Å². The van der Waals surface area contributed by atoms with Crippen molar-refractivity contribution in [2.45, 2.75) is 45.2 Å². The third kappa shape index (κ3) is 4.18. The van der Waals surface area contributed by atoms with Crippen LogP contribution >= 0.6 is 0 Å². The van der Waals surface area contributed by atoms with Gasteiger partial charge in [-0.15, -0.1) is 0 Å². The van der Waals surface area contributed by atoms with Crippen LogP contribution in [0.1, 0.15) is 33.1 Å². The van der Waals surface area contributed by atoms with Crippen molar-refractivity contribution < 1.29 is 14.7 Å². The predicted molar refractivity (Wildman–Crippen MR) is 60.0 cm³/mol. The summed E-state index contributed by atoms with van der Waals surface area (Å²) in [6.45, 7) is 4.69. The first kappa shape index (κ1) is 13.0. The van der Waals surface area contributed by atoms with Gasteiger partial charge in [0.15, 0.2) is 0 Å². The maximum absolute atomic E-state index is 11.6. The fourth-order valence-electron chi connectivity index (χ4n) is 1.74. The van der Waals surface area contributed by atoms with E-state index < -0.39 is 12.0 Å². The molecule has 1 aliphatic carbocycles. The minimum Gasteiger partial charge on any atom is -0.480 e. The Morgan fingerprint density at radius 2 is 2.06 bits per heavy atom. The van der Waals surface area contributed by atoms with Gasteiger partial charge in [0.05, 0.1) is 0 Å². The first-order valence-electron chi connectivity index (χ1n) is 5.80. The van der Waals surface area contributed by atoms with Crippen LogP contribution < -0.4 is 10.6 Å². The van der Waals surface area contributed by atoms with Gasteiger partial charge in [-0.1, -0.05) is 6.92 Å². The lowest BCUT2D eigenvalue weighted by molar-refractivity contribution is -0.142. The van der Waals surface area contributed by atoms with Gasteiger partial charge < -0.3 is 15.7 Å². The molecular formula is C11H20N2O3. The molecule has 5 nitrogen and oxygen atoms in total. The highest BCUT2D eigenvalue weighted by Gasteiger charge is 2.37. The van der Waals surface area contributed by atoms with Gasteiger partial charge in [-0.05, 0) is 32.2 Å². The van der Waals surface area contributed by atoms with E-state index in [1.54, 1.807) is 0 Å². The van der Waals surface area contributed by atoms with Crippen molar-refractivity contribution in [3.63, 3.8) is 0 Å². The summed E-state index contributed by atoms with van der Waals surface area (Å²) < 4.78 is 0. The number of amides is 1. The van der Waals surface area contributed by atoms with E-state index in [2.05, 4.69) is 10.6 Å². The maximum atomic E-state index is 11.6. The molecule has 92 valence electrons. The van der Waals surface area contributed by atoms with Crippen LogP contribution in [0.5, 0.6) is 0 Å². The van der Waals surface area contributed by atoms with Crippen LogP contribution in [0.2, 0.25) is 0 Å². The van der Waals surface area contributed by atoms with E-state index in [9.17, 15) is 9.59 Å². The topological polar surface area (TPSA) is 78.4 Å². The molecule has 16 heavy (non-hydrogen) atoms. The van der Waals surface area contributed by atoms with Crippen molar-refractivity contribution in [3.8, 4) is 0 Å². The number of hydrogen-bond donors (Lipinski definition) is 3. The minimum atomic E-state index is -0.924. The normalized spacial score (nSPS) is 18.9. The smallest absolute Gasteiger partial charge is 0.326 e. The highest BCUT2D eigenvalue weighted by molar-refractivity contribution is 5.84. The van der Waals surface area contributed by atoms with Gasteiger partial charge >= 0.3 is 5.97 Å². The molecule has 2 atom stereocenters. The minimum absolute atomic E-state index is 0.0821. The first-order chi connectivity index (χ1) is 7.54. The lowest BCUT2D eigenvalue weighted by atomic mass is 10.1. The number of carboxylic acids is 1. The lowest BCUT2D eigenvalue weighted by Crippen LogP contribution is -2.44. The summed E-state index contributed by atoms with van der Waals surface area (Å²) in [7, 11) is 0. The Morgan fingerprint density at radius 3 is 2.50 bits per heavy atom. The van der Waals surface area contributed by atoms with Crippen molar-refractivity contribution >= 4 is 11.9 Å². The van der Waals surface area contributed by atoms with E-state index in [0.29, 0.717) is 6.42 Å². The van der Waals surface area contributed by atoms with Crippen LogP contribution in [-0.2, 0) is 9.59 Å². The highest BCUT2D eigenvalue weighted by atomic mass is 16.4. The number of rotatable bonds is 7. The second kappa shape index (κ2) is 5.84. The van der Waals surface area contributed by atoms with Crippen molar-refractivity contribution in [1.29, 1.82) is 0 Å². The summed E-state index contributed by atoms with van der Waals surface area (Å²) in [4.78, 5) is 22.5. The summed E-state index contributed by atoms with van der Waals surface area (Å²) in [6.07, 6.45) is 2.13. The molecule has 1 saturated carbocycles. The van der Waals surface area contributed by atoms with Gasteiger partial charge in [-0.2, -0.15) is 0 Å². The number of carbonyl (C=O) groups excluding carboxylic acids is 1. The fraction of sp³-hybridized carbons (Fsp3) is 0.818. The number of carboxylic acid groups (broad SMARTS) is 1. The molecule has 5 heteroatoms. The molecule has 3 N–H and O–H groups in total. The van der Waals surface area contributed by atoms with Crippen LogP contribution in [-0.4, -0.2) is 35.6 Å². The van der Waals surface area contributed by atoms with Gasteiger partial charge in [0.1, 0.15) is 6.04 Å². The van der Waals surface area contributed by atoms with E-state index >= 15 is 0 Å². The third-order valence-electron chi connectivity index (χ3n) is 2.72. The summed E-state index contributed by atoms with van der Waals surface area (Å²) in [5.74, 6) is -0.976. The van der Waals surface area contributed by atoms with E-state index in [4.69, 9.17) is 5.11 Å². The molecule has 0 aromatic heterocycles. The molecule has 0 aliphatic heterocycles. The molecule has 0 spiro atoms. The average molecular weight is 228 g/mol. The molecule has 0 bridgehead atoms. The summed E-state index contributed by atoms with van der Waals surface area (Å²) in [5, 5.41) is 14.6. The van der Waals surface area contributed by atoms with Gasteiger partial charge in [0, 0.05) is 12.5 Å². The number of nitrogens with one attached hydrogen (secondary N) is 2. The molecule has 1 rings (SSSR count). The fourth-order valence-corrected chi connectivity index (χ4v) is 1.74. The molecular weight excluding hydrogens is 208 g/mol. The summed E-state index contributed by atoms with van der Waals surface area (Å²) >= 11 is 0. The molecule has 0 heterocycles. The SMILES string of the molecule is CCNC(C)CC(=O)NC(C(=O)O)C1CC1. The van der Waals surface area contributed by atoms with Crippen LogP contribution in [0, 0.1) is 5.92 Å². The Kier molecular flexibility index (Phi) is 4.73. The Bertz CT molecular complexity index is 264. The molecule has 1 aliphatic rings. The van der Waals surface area contributed by atoms with Crippen LogP contribution in [0.15, 0.2) is 0 Å². The number of hydrogen-bond acceptors (Lipinski definition) is 3. The first-order valence-corrected chi connectivity index (χ1v) is 5.80. The Labute approximate surface area is 95.6 Å². The molecule has 1 fully saturated rings. The second-order valence-corrected chi connectivity index (χ2v) is 4.38. The molecule has 2 unspecified atom stereocenters. The Hall–Kier alpha value is -1.10. The summed E-state index contributed by atoms with van der Waals surface area (Å²) in [5.41, 5.74) is 0. The zero-order chi connectivity index (χ0) is 12.1. The maximum Gasteiger partial charge on any atom is 0.326 e. The van der Waals surface area contributed by atoms with Crippen LogP contribution in [0.3, 0.4) is 0 Å². The quantitative estimate of drug-likeness (QED) is 0.587. The van der Waals surface area contributed by atoms with Crippen molar-refractivity contribution in [2.24, 2.45) is 5.92 Å². The zero-order valence-electron chi connectivity index (χ0n) is 9.82. The highest BCUT2D eigenvalue weighted by Crippen LogP contribution is 2.32. The van der Waals surface area contributed by atoms with Gasteiger partial charge in [-0.3, -0.25) is 4.79 Å². The average Bonchev–Trinajstić information content (AvgIpc) is 2.97. The van der Waals surface area contributed by atoms with E-state index in [-0.39, 0.29) is 17.9 Å². The van der Waals surface area contributed by atoms with E-state index in [1.807, 2.05) is 13.8 Å². The molecule has 0 saturated heterocycles. The Morgan fingerprint density at radius 1 is 1.44 bits per heavy atom. The number of carbonyl (C=O) groups is 2. The standard InChI is InChI=1S/C11H20N2O3/c1-3-12-7(2)6-9(14)13-10(11(15)16)8-4-5-8/h7-8,10,12H,3-6H2,1-2H3,(H,13,14)(H,15,16). The molecule has 0 radical (unpaired) electrons. The van der Waals surface area contributed by atoms with Crippen molar-refractivity contribution in [2.75, 3.05) is 6.54 Å².